The molecule has 3 heteroatoms. The Balaban J connectivity index is 2.08. The van der Waals surface area contributed by atoms with Gasteiger partial charge < -0.3 is 8.83 Å². The summed E-state index contributed by atoms with van der Waals surface area (Å²) in [6.07, 6.45) is 1.63. The molecule has 0 atom stereocenters. The van der Waals surface area contributed by atoms with E-state index in [2.05, 4.69) is 0 Å². The molecule has 2 aromatic heterocycles. The van der Waals surface area contributed by atoms with Crippen LogP contribution in [0.1, 0.15) is 0 Å². The van der Waals surface area contributed by atoms with Crippen molar-refractivity contribution in [1.82, 2.24) is 0 Å². The first-order valence-electron chi connectivity index (χ1n) is 6.32. The van der Waals surface area contributed by atoms with Gasteiger partial charge in [-0.3, -0.25) is 4.79 Å². The van der Waals surface area contributed by atoms with Crippen LogP contribution in [0, 0.1) is 0 Å². The van der Waals surface area contributed by atoms with E-state index in [1.54, 1.807) is 18.4 Å². The van der Waals surface area contributed by atoms with Gasteiger partial charge in [0.1, 0.15) is 16.9 Å². The maximum Gasteiger partial charge on any atom is 0.193 e. The summed E-state index contributed by atoms with van der Waals surface area (Å²) in [5.74, 6) is 0.556. The molecule has 0 aliphatic heterocycles. The molecule has 0 fully saturated rings. The number of fused-ring (bicyclic) bond motifs is 2. The van der Waals surface area contributed by atoms with Crippen LogP contribution in [0.4, 0.5) is 0 Å². The van der Waals surface area contributed by atoms with E-state index in [1.165, 1.54) is 6.07 Å². The number of hydrogen-bond donors (Lipinski definition) is 0. The minimum absolute atomic E-state index is 0.0395. The standard InChI is InChI=1S/C17H10O3/c18-14-10-17(20-16-6-2-1-4-13(14)16)11-5-3-7-15-12(11)8-9-19-15/h1-10H. The van der Waals surface area contributed by atoms with Gasteiger partial charge in [0.05, 0.1) is 11.6 Å². The van der Waals surface area contributed by atoms with Gasteiger partial charge in [-0.05, 0) is 24.3 Å². The van der Waals surface area contributed by atoms with Crippen molar-refractivity contribution >= 4 is 21.9 Å². The first-order valence-corrected chi connectivity index (χ1v) is 6.32. The highest BCUT2D eigenvalue weighted by atomic mass is 16.3. The molecule has 2 aromatic carbocycles. The third-order valence-corrected chi connectivity index (χ3v) is 3.40. The van der Waals surface area contributed by atoms with Crippen LogP contribution in [0.25, 0.3) is 33.3 Å². The van der Waals surface area contributed by atoms with Gasteiger partial charge in [-0.1, -0.05) is 24.3 Å². The zero-order valence-electron chi connectivity index (χ0n) is 10.5. The fourth-order valence-electron chi connectivity index (χ4n) is 2.45. The average molecular weight is 262 g/mol. The van der Waals surface area contributed by atoms with Gasteiger partial charge in [0, 0.05) is 17.0 Å². The molecule has 4 rings (SSSR count). The second kappa shape index (κ2) is 4.10. The summed E-state index contributed by atoms with van der Waals surface area (Å²) >= 11 is 0. The third-order valence-electron chi connectivity index (χ3n) is 3.40. The number of para-hydroxylation sites is 1. The van der Waals surface area contributed by atoms with E-state index in [0.29, 0.717) is 16.7 Å². The van der Waals surface area contributed by atoms with Gasteiger partial charge in [0.2, 0.25) is 0 Å². The fraction of sp³-hybridized carbons (Fsp3) is 0. The molecule has 20 heavy (non-hydrogen) atoms. The summed E-state index contributed by atoms with van der Waals surface area (Å²) in [6, 6.07) is 16.4. The quantitative estimate of drug-likeness (QED) is 0.516. The lowest BCUT2D eigenvalue weighted by Gasteiger charge is -2.04. The van der Waals surface area contributed by atoms with Crippen LogP contribution >= 0.6 is 0 Å². The van der Waals surface area contributed by atoms with E-state index in [9.17, 15) is 4.79 Å². The predicted octanol–water partition coefficient (Wildman–Crippen LogP) is 4.21. The molecule has 96 valence electrons. The lowest BCUT2D eigenvalue weighted by Crippen LogP contribution is -1.99. The van der Waals surface area contributed by atoms with E-state index in [4.69, 9.17) is 8.83 Å². The lowest BCUT2D eigenvalue weighted by atomic mass is 10.1. The summed E-state index contributed by atoms with van der Waals surface area (Å²) in [5.41, 5.74) is 2.19. The molecule has 0 unspecified atom stereocenters. The van der Waals surface area contributed by atoms with Gasteiger partial charge in [0.15, 0.2) is 5.43 Å². The van der Waals surface area contributed by atoms with E-state index in [0.717, 1.165) is 16.5 Å². The summed E-state index contributed by atoms with van der Waals surface area (Å²) in [4.78, 5) is 12.2. The summed E-state index contributed by atoms with van der Waals surface area (Å²) in [7, 11) is 0. The smallest absolute Gasteiger partial charge is 0.193 e. The molecule has 0 saturated heterocycles. The number of furan rings is 1. The van der Waals surface area contributed by atoms with E-state index in [-0.39, 0.29) is 5.43 Å². The first-order chi connectivity index (χ1) is 9.83. The third kappa shape index (κ3) is 1.57. The molecule has 0 aliphatic carbocycles. The van der Waals surface area contributed by atoms with Gasteiger partial charge in [-0.25, -0.2) is 0 Å². The Morgan fingerprint density at radius 3 is 2.60 bits per heavy atom. The van der Waals surface area contributed by atoms with E-state index >= 15 is 0 Å². The molecule has 0 saturated carbocycles. The normalized spacial score (nSPS) is 11.2. The van der Waals surface area contributed by atoms with E-state index in [1.807, 2.05) is 36.4 Å². The monoisotopic (exact) mass is 262 g/mol. The predicted molar refractivity (Wildman–Crippen MR) is 77.7 cm³/mol. The van der Waals surface area contributed by atoms with Crippen LogP contribution in [-0.4, -0.2) is 0 Å². The highest BCUT2D eigenvalue weighted by Crippen LogP contribution is 2.30. The van der Waals surface area contributed by atoms with Crippen LogP contribution in [0.3, 0.4) is 0 Å². The van der Waals surface area contributed by atoms with Crippen molar-refractivity contribution < 1.29 is 8.83 Å². The Labute approximate surface area is 114 Å². The van der Waals surface area contributed by atoms with Gasteiger partial charge in [-0.2, -0.15) is 0 Å². The average Bonchev–Trinajstić information content (AvgIpc) is 2.95. The second-order valence-electron chi connectivity index (χ2n) is 4.61. The SMILES string of the molecule is O=c1cc(-c2cccc3occc23)oc2ccccc12. The second-order valence-corrected chi connectivity index (χ2v) is 4.61. The highest BCUT2D eigenvalue weighted by Gasteiger charge is 2.10. The Bertz CT molecular complexity index is 976. The summed E-state index contributed by atoms with van der Waals surface area (Å²) < 4.78 is 11.2. The number of hydrogen-bond acceptors (Lipinski definition) is 3. The molecule has 4 aromatic rings. The molecule has 0 bridgehead atoms. The maximum absolute atomic E-state index is 12.2. The molecule has 0 radical (unpaired) electrons. The van der Waals surface area contributed by atoms with E-state index < -0.39 is 0 Å². The number of rotatable bonds is 1. The minimum atomic E-state index is -0.0395. The topological polar surface area (TPSA) is 43.4 Å². The minimum Gasteiger partial charge on any atom is -0.464 e. The first kappa shape index (κ1) is 11.1. The van der Waals surface area contributed by atoms with Crippen molar-refractivity contribution in [2.75, 3.05) is 0 Å². The van der Waals surface area contributed by atoms with Gasteiger partial charge >= 0.3 is 0 Å². The molecular formula is C17H10O3. The Hall–Kier alpha value is -2.81. The number of benzene rings is 2. The molecule has 0 N–H and O–H groups in total. The molecule has 3 nitrogen and oxygen atoms in total. The lowest BCUT2D eigenvalue weighted by molar-refractivity contribution is 0.614. The van der Waals surface area contributed by atoms with Crippen molar-refractivity contribution in [2.45, 2.75) is 0 Å². The van der Waals surface area contributed by atoms with Crippen LogP contribution < -0.4 is 5.43 Å². The van der Waals surface area contributed by atoms with Crippen molar-refractivity contribution in [3.63, 3.8) is 0 Å². The summed E-state index contributed by atoms with van der Waals surface area (Å²) in [5, 5.41) is 1.53. The molecule has 0 spiro atoms. The Kier molecular flexibility index (Phi) is 2.27. The van der Waals surface area contributed by atoms with Crippen molar-refractivity contribution in [2.24, 2.45) is 0 Å². The van der Waals surface area contributed by atoms with Crippen molar-refractivity contribution in [1.29, 1.82) is 0 Å². The zero-order chi connectivity index (χ0) is 13.5. The van der Waals surface area contributed by atoms with Gasteiger partial charge in [0.25, 0.3) is 0 Å². The largest absolute Gasteiger partial charge is 0.464 e. The van der Waals surface area contributed by atoms with Gasteiger partial charge in [-0.15, -0.1) is 0 Å². The van der Waals surface area contributed by atoms with Crippen LogP contribution in [0.5, 0.6) is 0 Å². The zero-order valence-corrected chi connectivity index (χ0v) is 10.5. The summed E-state index contributed by atoms with van der Waals surface area (Å²) in [6.45, 7) is 0. The molecule has 2 heterocycles. The van der Waals surface area contributed by atoms with Crippen LogP contribution in [0.15, 0.2) is 74.5 Å². The van der Waals surface area contributed by atoms with Crippen LogP contribution in [0.2, 0.25) is 0 Å². The highest BCUT2D eigenvalue weighted by molar-refractivity contribution is 5.93. The molecular weight excluding hydrogens is 252 g/mol. The van der Waals surface area contributed by atoms with Crippen molar-refractivity contribution in [3.05, 3.63) is 71.1 Å². The van der Waals surface area contributed by atoms with Crippen LogP contribution in [-0.2, 0) is 0 Å². The molecule has 0 amide bonds. The Morgan fingerprint density at radius 2 is 1.65 bits per heavy atom. The fourth-order valence-corrected chi connectivity index (χ4v) is 2.45. The maximum atomic E-state index is 12.2. The Morgan fingerprint density at radius 1 is 0.800 bits per heavy atom. The van der Waals surface area contributed by atoms with Crippen molar-refractivity contribution in [3.8, 4) is 11.3 Å². The molecule has 0 aliphatic rings.